The van der Waals surface area contributed by atoms with Crippen LogP contribution < -0.4 is 5.73 Å². The summed E-state index contributed by atoms with van der Waals surface area (Å²) in [7, 11) is 1.54. The normalized spacial score (nSPS) is 10.3. The molecule has 0 spiro atoms. The summed E-state index contributed by atoms with van der Waals surface area (Å²) in [6, 6.07) is 10.9. The van der Waals surface area contributed by atoms with Crippen molar-refractivity contribution >= 4 is 11.6 Å². The van der Waals surface area contributed by atoms with E-state index in [0.29, 0.717) is 5.69 Å². The van der Waals surface area contributed by atoms with Crippen LogP contribution in [0.25, 0.3) is 0 Å². The average Bonchev–Trinajstić information content (AvgIpc) is 2.38. The molecule has 4 nitrogen and oxygen atoms in total. The number of aromatic hydroxyl groups is 1. The van der Waals surface area contributed by atoms with Crippen LogP contribution in [0.4, 0.5) is 10.1 Å². The van der Waals surface area contributed by atoms with Crippen molar-refractivity contribution < 1.29 is 14.3 Å². The number of halogens is 1. The molecule has 2 rings (SSSR count). The lowest BCUT2D eigenvalue weighted by molar-refractivity contribution is 0.0777. The number of amides is 1. The second kappa shape index (κ2) is 5.61. The quantitative estimate of drug-likeness (QED) is 0.844. The molecule has 0 aliphatic rings. The van der Waals surface area contributed by atoms with Gasteiger partial charge in [-0.2, -0.15) is 0 Å². The van der Waals surface area contributed by atoms with Gasteiger partial charge in [0.25, 0.3) is 5.91 Å². The van der Waals surface area contributed by atoms with Crippen molar-refractivity contribution in [2.24, 2.45) is 0 Å². The van der Waals surface area contributed by atoms with Crippen molar-refractivity contribution in [3.63, 3.8) is 0 Å². The lowest BCUT2D eigenvalue weighted by atomic mass is 10.1. The van der Waals surface area contributed by atoms with Crippen molar-refractivity contribution in [1.82, 2.24) is 4.90 Å². The van der Waals surface area contributed by atoms with Gasteiger partial charge in [0.2, 0.25) is 0 Å². The number of anilines is 1. The highest BCUT2D eigenvalue weighted by atomic mass is 19.1. The van der Waals surface area contributed by atoms with Crippen LogP contribution >= 0.6 is 0 Å². The molecule has 0 heterocycles. The van der Waals surface area contributed by atoms with E-state index >= 15 is 0 Å². The lowest BCUT2D eigenvalue weighted by Crippen LogP contribution is -2.27. The minimum absolute atomic E-state index is 0.275. The number of carbonyl (C=O) groups excluding carboxylic acids is 1. The van der Waals surface area contributed by atoms with Crippen molar-refractivity contribution in [2.75, 3.05) is 12.8 Å². The number of rotatable bonds is 3. The summed E-state index contributed by atoms with van der Waals surface area (Å²) in [5, 5.41) is 9.61. The smallest absolute Gasteiger partial charge is 0.260 e. The third kappa shape index (κ3) is 2.88. The number of nitrogens with zero attached hydrogens (tertiary/aromatic N) is 1. The van der Waals surface area contributed by atoms with Crippen molar-refractivity contribution in [3.8, 4) is 5.75 Å². The highest BCUT2D eigenvalue weighted by Gasteiger charge is 2.20. The lowest BCUT2D eigenvalue weighted by Gasteiger charge is -2.18. The van der Waals surface area contributed by atoms with Crippen LogP contribution in [-0.4, -0.2) is 23.0 Å². The van der Waals surface area contributed by atoms with Crippen LogP contribution in [-0.2, 0) is 6.54 Å². The molecule has 0 saturated heterocycles. The Bertz CT molecular complexity index is 623. The molecule has 0 unspecified atom stereocenters. The minimum atomic E-state index is -0.741. The largest absolute Gasteiger partial charge is 0.507 e. The summed E-state index contributed by atoms with van der Waals surface area (Å²) in [5.41, 5.74) is 6.77. The van der Waals surface area contributed by atoms with Gasteiger partial charge in [-0.05, 0) is 29.8 Å². The summed E-state index contributed by atoms with van der Waals surface area (Å²) in [5.74, 6) is -1.69. The third-order valence-corrected chi connectivity index (χ3v) is 2.92. The summed E-state index contributed by atoms with van der Waals surface area (Å²) in [6.45, 7) is 0.275. The van der Waals surface area contributed by atoms with E-state index in [4.69, 9.17) is 5.73 Å². The Labute approximate surface area is 116 Å². The molecule has 0 saturated carbocycles. The first-order valence-corrected chi connectivity index (χ1v) is 6.06. The predicted octanol–water partition coefficient (Wildman–Crippen LogP) is 2.39. The zero-order valence-electron chi connectivity index (χ0n) is 11.0. The first-order valence-electron chi connectivity index (χ1n) is 6.06. The van der Waals surface area contributed by atoms with E-state index in [-0.39, 0.29) is 17.9 Å². The van der Waals surface area contributed by atoms with Gasteiger partial charge in [0.1, 0.15) is 17.1 Å². The van der Waals surface area contributed by atoms with Gasteiger partial charge >= 0.3 is 0 Å². The Morgan fingerprint density at radius 2 is 2.00 bits per heavy atom. The first kappa shape index (κ1) is 13.9. The van der Waals surface area contributed by atoms with Crippen molar-refractivity contribution in [3.05, 3.63) is 59.4 Å². The van der Waals surface area contributed by atoms with E-state index in [2.05, 4.69) is 0 Å². The van der Waals surface area contributed by atoms with Gasteiger partial charge in [0, 0.05) is 19.3 Å². The number of hydrogen-bond acceptors (Lipinski definition) is 3. The summed E-state index contributed by atoms with van der Waals surface area (Å²) < 4.78 is 13.6. The molecule has 2 aromatic carbocycles. The van der Waals surface area contributed by atoms with Crippen LogP contribution in [0.2, 0.25) is 0 Å². The fourth-order valence-corrected chi connectivity index (χ4v) is 1.95. The fraction of sp³-hybridized carbons (Fsp3) is 0.133. The average molecular weight is 274 g/mol. The number of nitrogens with two attached hydrogens (primary N) is 1. The molecule has 20 heavy (non-hydrogen) atoms. The zero-order valence-corrected chi connectivity index (χ0v) is 11.0. The molecular formula is C15H15FN2O2. The second-order valence-corrected chi connectivity index (χ2v) is 4.54. The maximum absolute atomic E-state index is 13.6. The van der Waals surface area contributed by atoms with E-state index in [0.717, 1.165) is 11.6 Å². The summed E-state index contributed by atoms with van der Waals surface area (Å²) in [4.78, 5) is 13.5. The van der Waals surface area contributed by atoms with Crippen LogP contribution in [0.3, 0.4) is 0 Å². The van der Waals surface area contributed by atoms with Crippen molar-refractivity contribution in [1.29, 1.82) is 0 Å². The van der Waals surface area contributed by atoms with Crippen LogP contribution in [0.5, 0.6) is 5.75 Å². The summed E-state index contributed by atoms with van der Waals surface area (Å²) >= 11 is 0. The number of phenolic OH excluding ortho intramolecular Hbond substituents is 1. The Morgan fingerprint density at radius 1 is 1.30 bits per heavy atom. The Morgan fingerprint density at radius 3 is 2.65 bits per heavy atom. The van der Waals surface area contributed by atoms with Gasteiger partial charge in [-0.25, -0.2) is 4.39 Å². The molecule has 0 aliphatic carbocycles. The summed E-state index contributed by atoms with van der Waals surface area (Å²) in [6.07, 6.45) is 0. The molecule has 2 aromatic rings. The van der Waals surface area contributed by atoms with Crippen LogP contribution in [0.1, 0.15) is 15.9 Å². The van der Waals surface area contributed by atoms with Crippen LogP contribution in [0, 0.1) is 5.82 Å². The maximum atomic E-state index is 13.6. The molecule has 0 aromatic heterocycles. The third-order valence-electron chi connectivity index (χ3n) is 2.92. The maximum Gasteiger partial charge on any atom is 0.260 e. The van der Waals surface area contributed by atoms with Crippen molar-refractivity contribution in [2.45, 2.75) is 6.54 Å². The SMILES string of the molecule is CN(Cc1cccc(N)c1)C(=O)c1c(O)cccc1F. The van der Waals surface area contributed by atoms with E-state index in [1.807, 2.05) is 6.07 Å². The zero-order chi connectivity index (χ0) is 14.7. The molecule has 1 amide bonds. The van der Waals surface area contributed by atoms with Gasteiger partial charge in [0.15, 0.2) is 0 Å². The Kier molecular flexibility index (Phi) is 3.89. The number of nitrogen functional groups attached to an aromatic ring is 1. The molecule has 0 fully saturated rings. The molecule has 0 atom stereocenters. The highest BCUT2D eigenvalue weighted by Crippen LogP contribution is 2.22. The predicted molar refractivity (Wildman–Crippen MR) is 74.7 cm³/mol. The molecule has 3 N–H and O–H groups in total. The van der Waals surface area contributed by atoms with Gasteiger partial charge in [-0.15, -0.1) is 0 Å². The minimum Gasteiger partial charge on any atom is -0.507 e. The van der Waals surface area contributed by atoms with E-state index in [1.165, 1.54) is 24.1 Å². The number of benzene rings is 2. The Balaban J connectivity index is 2.21. The number of hydrogen-bond donors (Lipinski definition) is 2. The molecule has 5 heteroatoms. The molecule has 0 bridgehead atoms. The topological polar surface area (TPSA) is 66.6 Å². The second-order valence-electron chi connectivity index (χ2n) is 4.54. The first-order chi connectivity index (χ1) is 9.49. The van der Waals surface area contributed by atoms with Crippen LogP contribution in [0.15, 0.2) is 42.5 Å². The molecule has 0 aliphatic heterocycles. The highest BCUT2D eigenvalue weighted by molar-refractivity contribution is 5.96. The molecule has 0 radical (unpaired) electrons. The van der Waals surface area contributed by atoms with Gasteiger partial charge in [-0.3, -0.25) is 4.79 Å². The number of carbonyl (C=O) groups is 1. The Hall–Kier alpha value is -2.56. The molecular weight excluding hydrogens is 259 g/mol. The standard InChI is InChI=1S/C15H15FN2O2/c1-18(9-10-4-2-5-11(17)8-10)15(20)14-12(16)6-3-7-13(14)19/h2-8,19H,9,17H2,1H3. The van der Waals surface area contributed by atoms with Gasteiger partial charge < -0.3 is 15.7 Å². The number of phenols is 1. The van der Waals surface area contributed by atoms with E-state index in [1.54, 1.807) is 18.2 Å². The van der Waals surface area contributed by atoms with E-state index < -0.39 is 11.7 Å². The fourth-order valence-electron chi connectivity index (χ4n) is 1.95. The molecule has 104 valence electrons. The van der Waals surface area contributed by atoms with Gasteiger partial charge in [0.05, 0.1) is 0 Å². The van der Waals surface area contributed by atoms with Gasteiger partial charge in [-0.1, -0.05) is 18.2 Å². The monoisotopic (exact) mass is 274 g/mol. The van der Waals surface area contributed by atoms with E-state index in [9.17, 15) is 14.3 Å².